The van der Waals surface area contributed by atoms with Crippen molar-refractivity contribution in [2.24, 2.45) is 0 Å². The van der Waals surface area contributed by atoms with E-state index in [1.54, 1.807) is 6.08 Å². The van der Waals surface area contributed by atoms with E-state index in [4.69, 9.17) is 0 Å². The van der Waals surface area contributed by atoms with E-state index >= 15 is 0 Å². The van der Waals surface area contributed by atoms with Gasteiger partial charge in [0.25, 0.3) is 0 Å². The number of carbonyl (C=O) groups is 1. The molecule has 0 spiro atoms. The Bertz CT molecular complexity index is 888. The third-order valence-corrected chi connectivity index (χ3v) is 4.01. The Morgan fingerprint density at radius 1 is 0.913 bits per heavy atom. The average Bonchev–Trinajstić information content (AvgIpc) is 2.56. The number of carbonyl (C=O) groups excluding carboxylic acids is 1. The number of benzene rings is 3. The highest BCUT2D eigenvalue weighted by atomic mass is 16.1. The lowest BCUT2D eigenvalue weighted by atomic mass is 10.0. The molecule has 0 unspecified atom stereocenters. The van der Waals surface area contributed by atoms with Crippen molar-refractivity contribution in [2.45, 2.75) is 13.8 Å². The van der Waals surface area contributed by atoms with Crippen molar-refractivity contribution in [3.8, 4) is 0 Å². The quantitative estimate of drug-likeness (QED) is 0.669. The molecule has 0 saturated carbocycles. The number of rotatable bonds is 3. The molecule has 0 radical (unpaired) electrons. The van der Waals surface area contributed by atoms with Gasteiger partial charge in [-0.15, -0.1) is 0 Å². The third-order valence-electron chi connectivity index (χ3n) is 4.01. The van der Waals surface area contributed by atoms with Crippen LogP contribution in [0, 0.1) is 13.8 Å². The minimum absolute atomic E-state index is 0.124. The van der Waals surface area contributed by atoms with Gasteiger partial charge in [0, 0.05) is 11.8 Å². The lowest BCUT2D eigenvalue weighted by Gasteiger charge is -2.06. The number of hydrogen-bond acceptors (Lipinski definition) is 1. The van der Waals surface area contributed by atoms with Crippen molar-refractivity contribution in [1.29, 1.82) is 0 Å². The topological polar surface area (TPSA) is 29.1 Å². The summed E-state index contributed by atoms with van der Waals surface area (Å²) in [6, 6.07) is 20.2. The molecule has 0 fully saturated rings. The number of aryl methyl sites for hydroxylation is 2. The van der Waals surface area contributed by atoms with Gasteiger partial charge in [0.05, 0.1) is 0 Å². The lowest BCUT2D eigenvalue weighted by Crippen LogP contribution is -2.07. The Labute approximate surface area is 136 Å². The fourth-order valence-electron chi connectivity index (χ4n) is 2.56. The van der Waals surface area contributed by atoms with Crippen LogP contribution in [0.15, 0.2) is 66.7 Å². The Morgan fingerprint density at radius 3 is 2.52 bits per heavy atom. The monoisotopic (exact) mass is 301 g/mol. The molecule has 0 saturated heterocycles. The average molecular weight is 301 g/mol. The van der Waals surface area contributed by atoms with Gasteiger partial charge in [-0.3, -0.25) is 4.79 Å². The summed E-state index contributed by atoms with van der Waals surface area (Å²) in [5.41, 5.74) is 4.24. The summed E-state index contributed by atoms with van der Waals surface area (Å²) in [5.74, 6) is -0.124. The van der Waals surface area contributed by atoms with Gasteiger partial charge in [-0.2, -0.15) is 0 Å². The zero-order valence-electron chi connectivity index (χ0n) is 13.3. The zero-order chi connectivity index (χ0) is 16.2. The van der Waals surface area contributed by atoms with Crippen LogP contribution in [0.3, 0.4) is 0 Å². The molecule has 0 aliphatic carbocycles. The van der Waals surface area contributed by atoms with Gasteiger partial charge in [0.2, 0.25) is 5.91 Å². The molecule has 1 amide bonds. The van der Waals surface area contributed by atoms with Crippen LogP contribution in [-0.4, -0.2) is 5.91 Å². The highest BCUT2D eigenvalue weighted by Crippen LogP contribution is 2.20. The SMILES string of the molecule is Cc1ccc(NC(=O)/C=C/c2cccc3ccccc23)cc1C. The summed E-state index contributed by atoms with van der Waals surface area (Å²) in [6.07, 6.45) is 3.44. The Balaban J connectivity index is 1.78. The van der Waals surface area contributed by atoms with Gasteiger partial charge in [0.15, 0.2) is 0 Å². The first-order chi connectivity index (χ1) is 11.1. The maximum absolute atomic E-state index is 12.1. The van der Waals surface area contributed by atoms with Crippen LogP contribution < -0.4 is 5.32 Å². The maximum atomic E-state index is 12.1. The number of hydrogen-bond donors (Lipinski definition) is 1. The van der Waals surface area contributed by atoms with Crippen molar-refractivity contribution >= 4 is 28.4 Å². The molecule has 0 bridgehead atoms. The van der Waals surface area contributed by atoms with E-state index in [9.17, 15) is 4.79 Å². The summed E-state index contributed by atoms with van der Waals surface area (Å²) in [4.78, 5) is 12.1. The third kappa shape index (κ3) is 3.49. The van der Waals surface area contributed by atoms with Gasteiger partial charge in [-0.05, 0) is 59.5 Å². The van der Waals surface area contributed by atoms with E-state index < -0.39 is 0 Å². The van der Waals surface area contributed by atoms with Crippen LogP contribution >= 0.6 is 0 Å². The van der Waals surface area contributed by atoms with Crippen molar-refractivity contribution in [2.75, 3.05) is 5.32 Å². The van der Waals surface area contributed by atoms with Crippen LogP contribution in [0.4, 0.5) is 5.69 Å². The predicted octanol–water partition coefficient (Wildman–Crippen LogP) is 5.11. The number of nitrogens with one attached hydrogen (secondary N) is 1. The summed E-state index contributed by atoms with van der Waals surface area (Å²) in [5, 5.41) is 5.22. The van der Waals surface area contributed by atoms with Crippen LogP contribution in [0.2, 0.25) is 0 Å². The second-order valence-corrected chi connectivity index (χ2v) is 5.69. The standard InChI is InChI=1S/C21H19NO/c1-15-10-12-19(14-16(15)2)22-21(23)13-11-18-8-5-7-17-6-3-4-9-20(17)18/h3-14H,1-2H3,(H,22,23)/b13-11+. The molecular weight excluding hydrogens is 282 g/mol. The van der Waals surface area contributed by atoms with E-state index in [1.807, 2.05) is 55.5 Å². The molecule has 3 rings (SSSR count). The fraction of sp³-hybridized carbons (Fsp3) is 0.0952. The summed E-state index contributed by atoms with van der Waals surface area (Å²) in [7, 11) is 0. The van der Waals surface area contributed by atoms with Gasteiger partial charge in [-0.25, -0.2) is 0 Å². The second kappa shape index (κ2) is 6.49. The largest absolute Gasteiger partial charge is 0.323 e. The molecule has 0 aromatic heterocycles. The molecule has 114 valence electrons. The van der Waals surface area contributed by atoms with Crippen LogP contribution in [0.5, 0.6) is 0 Å². The first kappa shape index (κ1) is 15.0. The van der Waals surface area contributed by atoms with Crippen LogP contribution in [0.1, 0.15) is 16.7 Å². The predicted molar refractivity (Wildman–Crippen MR) is 97.5 cm³/mol. The van der Waals surface area contributed by atoms with E-state index in [2.05, 4.69) is 30.4 Å². The molecule has 0 heterocycles. The van der Waals surface area contributed by atoms with Gasteiger partial charge >= 0.3 is 0 Å². The molecular formula is C21H19NO. The van der Waals surface area contributed by atoms with Gasteiger partial charge < -0.3 is 5.32 Å². The summed E-state index contributed by atoms with van der Waals surface area (Å²) in [6.45, 7) is 4.10. The Kier molecular flexibility index (Phi) is 4.24. The number of amides is 1. The smallest absolute Gasteiger partial charge is 0.248 e. The van der Waals surface area contributed by atoms with E-state index in [1.165, 1.54) is 16.5 Å². The Morgan fingerprint density at radius 2 is 1.70 bits per heavy atom. The summed E-state index contributed by atoms with van der Waals surface area (Å²) >= 11 is 0. The molecule has 0 atom stereocenters. The first-order valence-corrected chi connectivity index (χ1v) is 7.67. The van der Waals surface area contributed by atoms with Crippen molar-refractivity contribution < 1.29 is 4.79 Å². The van der Waals surface area contributed by atoms with Crippen LogP contribution in [-0.2, 0) is 4.79 Å². The molecule has 2 heteroatoms. The number of anilines is 1. The molecule has 23 heavy (non-hydrogen) atoms. The highest BCUT2D eigenvalue weighted by molar-refractivity contribution is 6.03. The first-order valence-electron chi connectivity index (χ1n) is 7.67. The normalized spacial score (nSPS) is 11.0. The molecule has 0 aliphatic rings. The lowest BCUT2D eigenvalue weighted by molar-refractivity contribution is -0.111. The Hall–Kier alpha value is -2.87. The summed E-state index contributed by atoms with van der Waals surface area (Å²) < 4.78 is 0. The molecule has 2 nitrogen and oxygen atoms in total. The minimum Gasteiger partial charge on any atom is -0.323 e. The van der Waals surface area contributed by atoms with Crippen molar-refractivity contribution in [1.82, 2.24) is 0 Å². The zero-order valence-corrected chi connectivity index (χ0v) is 13.3. The second-order valence-electron chi connectivity index (χ2n) is 5.69. The highest BCUT2D eigenvalue weighted by Gasteiger charge is 2.01. The van der Waals surface area contributed by atoms with E-state index in [-0.39, 0.29) is 5.91 Å². The van der Waals surface area contributed by atoms with E-state index in [0.717, 1.165) is 16.6 Å². The molecule has 3 aromatic carbocycles. The number of fused-ring (bicyclic) bond motifs is 1. The minimum atomic E-state index is -0.124. The van der Waals surface area contributed by atoms with Crippen molar-refractivity contribution in [3.63, 3.8) is 0 Å². The molecule has 3 aromatic rings. The molecule has 1 N–H and O–H groups in total. The van der Waals surface area contributed by atoms with Gasteiger partial charge in [-0.1, -0.05) is 48.5 Å². The van der Waals surface area contributed by atoms with Crippen LogP contribution in [0.25, 0.3) is 16.8 Å². The maximum Gasteiger partial charge on any atom is 0.248 e. The van der Waals surface area contributed by atoms with Crippen molar-refractivity contribution in [3.05, 3.63) is 83.4 Å². The van der Waals surface area contributed by atoms with Gasteiger partial charge in [0.1, 0.15) is 0 Å². The van der Waals surface area contributed by atoms with E-state index in [0.29, 0.717) is 0 Å². The fourth-order valence-corrected chi connectivity index (χ4v) is 2.56. The molecule has 0 aliphatic heterocycles.